The molecule has 6 aromatic heterocycles. The number of thiophene rings is 4. The highest BCUT2D eigenvalue weighted by Crippen LogP contribution is 2.49. The predicted octanol–water partition coefficient (Wildman–Crippen LogP) is 20.9. The van der Waals surface area contributed by atoms with Crippen LogP contribution in [0, 0.1) is 13.8 Å². The third-order valence-electron chi connectivity index (χ3n) is 12.6. The van der Waals surface area contributed by atoms with E-state index in [1.54, 1.807) is 11.1 Å². The van der Waals surface area contributed by atoms with Gasteiger partial charge in [0.05, 0.1) is 9.75 Å². The van der Waals surface area contributed by atoms with E-state index < -0.39 is 0 Å². The Labute approximate surface area is 401 Å². The van der Waals surface area contributed by atoms with Crippen molar-refractivity contribution in [2.45, 2.75) is 221 Å². The highest BCUT2D eigenvalue weighted by molar-refractivity contribution is 7.33. The zero-order valence-corrected chi connectivity index (χ0v) is 44.4. The molecule has 6 aromatic rings. The fourth-order valence-corrected chi connectivity index (χ4v) is 15.9. The first kappa shape index (κ1) is 49.7. The van der Waals surface area contributed by atoms with E-state index in [-0.39, 0.29) is 0 Å². The maximum atomic E-state index is 5.42. The molecule has 0 unspecified atom stereocenters. The van der Waals surface area contributed by atoms with Crippen molar-refractivity contribution in [2.75, 3.05) is 0 Å². The van der Waals surface area contributed by atoms with Crippen LogP contribution in [0.4, 0.5) is 0 Å². The summed E-state index contributed by atoms with van der Waals surface area (Å²) >= 11 is 11.7. The van der Waals surface area contributed by atoms with Gasteiger partial charge >= 0.3 is 0 Å². The van der Waals surface area contributed by atoms with Crippen molar-refractivity contribution in [3.63, 3.8) is 0 Å². The van der Waals surface area contributed by atoms with E-state index in [0.717, 1.165) is 22.5 Å². The second kappa shape index (κ2) is 27.1. The maximum absolute atomic E-state index is 5.42. The number of fused-ring (bicyclic) bond motifs is 1. The summed E-state index contributed by atoms with van der Waals surface area (Å²) in [7, 11) is 0. The standard InChI is InChI=1S/C54H78N2S6/c1-7-11-15-19-23-27-31-41-36-45(58-40(41)6)46-37-43(33-29-25-21-17-13-9-3)48(59-46)47-38-44(34-30-26-22-18-14-10-4)50(60-47)52-56-54-53(62-52)55-51(61-54)49-42(35-39(5)57-49)32-28-24-20-16-12-8-2/h35-38H,7-34H2,1-6H3. The molecular formula is C54H78N2S6. The Balaban J connectivity index is 1.26. The average Bonchev–Trinajstić information content (AvgIpc) is 4.13. The third-order valence-corrected chi connectivity index (χ3v) is 19.9. The molecule has 62 heavy (non-hydrogen) atoms. The smallest absolute Gasteiger partial charge is 0.155 e. The number of rotatable bonds is 32. The van der Waals surface area contributed by atoms with E-state index in [0.29, 0.717) is 0 Å². The molecule has 0 aliphatic carbocycles. The SMILES string of the molecule is CCCCCCCCc1cc(-c2cc(CCCCCCCC)c(-c3cc(CCCCCCCC)c(-c4nc5sc(-c6sc(C)cc6CCCCCCCC)nc5s4)s3)s2)sc1C. The predicted molar refractivity (Wildman–Crippen MR) is 286 cm³/mol. The summed E-state index contributed by atoms with van der Waals surface area (Å²) in [6.45, 7) is 13.9. The fraction of sp³-hybridized carbons (Fsp3) is 0.630. The lowest BCUT2D eigenvalue weighted by Gasteiger charge is -2.03. The lowest BCUT2D eigenvalue weighted by molar-refractivity contribution is 0.607. The number of hydrogen-bond donors (Lipinski definition) is 0. The van der Waals surface area contributed by atoms with Crippen LogP contribution in [0.25, 0.3) is 48.9 Å². The normalized spacial score (nSPS) is 11.9. The van der Waals surface area contributed by atoms with Crippen LogP contribution in [0.5, 0.6) is 0 Å². The van der Waals surface area contributed by atoms with Crippen molar-refractivity contribution in [1.29, 1.82) is 0 Å². The first-order valence-corrected chi connectivity index (χ1v) is 30.0. The third kappa shape index (κ3) is 14.7. The largest absolute Gasteiger partial charge is 0.222 e. The average molecular weight is 948 g/mol. The molecule has 0 bridgehead atoms. The molecule has 8 heteroatoms. The lowest BCUT2D eigenvalue weighted by atomic mass is 10.0. The fourth-order valence-electron chi connectivity index (χ4n) is 8.89. The molecule has 6 heterocycles. The summed E-state index contributed by atoms with van der Waals surface area (Å²) in [6, 6.07) is 10.2. The number of unbranched alkanes of at least 4 members (excludes halogenated alkanes) is 20. The molecule has 0 spiro atoms. The molecule has 340 valence electrons. The van der Waals surface area contributed by atoms with Crippen LogP contribution < -0.4 is 0 Å². The van der Waals surface area contributed by atoms with E-state index >= 15 is 0 Å². The van der Waals surface area contributed by atoms with Crippen LogP contribution in [0.3, 0.4) is 0 Å². The van der Waals surface area contributed by atoms with Gasteiger partial charge in [-0.2, -0.15) is 0 Å². The van der Waals surface area contributed by atoms with Gasteiger partial charge in [0.2, 0.25) is 0 Å². The van der Waals surface area contributed by atoms with Crippen LogP contribution in [0.1, 0.15) is 214 Å². The lowest BCUT2D eigenvalue weighted by Crippen LogP contribution is -1.87. The number of aryl methyl sites for hydroxylation is 6. The van der Waals surface area contributed by atoms with Gasteiger partial charge in [-0.1, -0.05) is 179 Å². The molecule has 2 nitrogen and oxygen atoms in total. The van der Waals surface area contributed by atoms with E-state index in [1.165, 1.54) is 227 Å². The van der Waals surface area contributed by atoms with Crippen LogP contribution in [-0.4, -0.2) is 9.97 Å². The minimum Gasteiger partial charge on any atom is -0.222 e. The highest BCUT2D eigenvalue weighted by Gasteiger charge is 2.23. The molecule has 0 aliphatic rings. The van der Waals surface area contributed by atoms with Gasteiger partial charge in [-0.25, -0.2) is 9.97 Å². The molecule has 0 fully saturated rings. The minimum absolute atomic E-state index is 1.11. The van der Waals surface area contributed by atoms with Gasteiger partial charge in [-0.3, -0.25) is 0 Å². The Morgan fingerprint density at radius 3 is 1.19 bits per heavy atom. The van der Waals surface area contributed by atoms with Gasteiger partial charge < -0.3 is 0 Å². The Hall–Kier alpha value is -1.68. The molecule has 0 amide bonds. The van der Waals surface area contributed by atoms with E-state index in [1.807, 2.05) is 56.7 Å². The van der Waals surface area contributed by atoms with Crippen LogP contribution in [-0.2, 0) is 25.7 Å². The first-order valence-electron chi connectivity index (χ1n) is 25.1. The van der Waals surface area contributed by atoms with Crippen LogP contribution in [0.15, 0.2) is 24.3 Å². The number of hydrogen-bond acceptors (Lipinski definition) is 8. The Kier molecular flexibility index (Phi) is 21.7. The van der Waals surface area contributed by atoms with Crippen molar-refractivity contribution in [1.82, 2.24) is 9.97 Å². The quantitative estimate of drug-likeness (QED) is 0.0394. The number of thiazole rings is 2. The van der Waals surface area contributed by atoms with Gasteiger partial charge in [0.15, 0.2) is 9.66 Å². The Bertz CT molecular complexity index is 2130. The molecule has 0 saturated heterocycles. The monoisotopic (exact) mass is 946 g/mol. The van der Waals surface area contributed by atoms with E-state index in [2.05, 4.69) is 77.1 Å². The van der Waals surface area contributed by atoms with E-state index in [9.17, 15) is 0 Å². The molecule has 0 aliphatic heterocycles. The number of aromatic nitrogens is 2. The summed E-state index contributed by atoms with van der Waals surface area (Å²) in [5, 5.41) is 2.35. The summed E-state index contributed by atoms with van der Waals surface area (Å²) in [6.07, 6.45) is 36.8. The van der Waals surface area contributed by atoms with Crippen LogP contribution >= 0.6 is 68.0 Å². The molecule has 0 saturated carbocycles. The van der Waals surface area contributed by atoms with Gasteiger partial charge in [-0.15, -0.1) is 45.3 Å². The van der Waals surface area contributed by atoms with Gasteiger partial charge in [-0.05, 0) is 112 Å². The van der Waals surface area contributed by atoms with Gasteiger partial charge in [0.1, 0.15) is 10.0 Å². The summed E-state index contributed by atoms with van der Waals surface area (Å²) < 4.78 is 0. The molecule has 0 N–H and O–H groups in total. The Morgan fingerprint density at radius 2 is 0.694 bits per heavy atom. The van der Waals surface area contributed by atoms with Gasteiger partial charge in [0, 0.05) is 29.3 Å². The number of nitrogens with zero attached hydrogens (tertiary/aromatic N) is 2. The van der Waals surface area contributed by atoms with Crippen LogP contribution in [0.2, 0.25) is 0 Å². The van der Waals surface area contributed by atoms with Crippen molar-refractivity contribution in [3.05, 3.63) is 56.3 Å². The van der Waals surface area contributed by atoms with Crippen molar-refractivity contribution < 1.29 is 0 Å². The Morgan fingerprint density at radius 1 is 0.339 bits per heavy atom. The van der Waals surface area contributed by atoms with Crippen molar-refractivity contribution >= 4 is 77.7 Å². The second-order valence-electron chi connectivity index (χ2n) is 18.1. The minimum atomic E-state index is 1.11. The van der Waals surface area contributed by atoms with Crippen molar-refractivity contribution in [3.8, 4) is 39.3 Å². The summed E-state index contributed by atoms with van der Waals surface area (Å²) in [5.74, 6) is 0. The summed E-state index contributed by atoms with van der Waals surface area (Å²) in [4.78, 5) is 24.6. The summed E-state index contributed by atoms with van der Waals surface area (Å²) in [5.41, 5.74) is 6.15. The molecule has 6 rings (SSSR count). The molecule has 0 aromatic carbocycles. The second-order valence-corrected chi connectivity index (χ2v) is 24.6. The zero-order chi connectivity index (χ0) is 43.5. The molecular weight excluding hydrogens is 869 g/mol. The topological polar surface area (TPSA) is 25.8 Å². The molecule has 0 radical (unpaired) electrons. The first-order chi connectivity index (χ1) is 30.4. The highest BCUT2D eigenvalue weighted by atomic mass is 32.1. The van der Waals surface area contributed by atoms with Crippen molar-refractivity contribution in [2.24, 2.45) is 0 Å². The van der Waals surface area contributed by atoms with Gasteiger partial charge in [0.25, 0.3) is 0 Å². The maximum Gasteiger partial charge on any atom is 0.155 e. The molecule has 0 atom stereocenters. The van der Waals surface area contributed by atoms with E-state index in [4.69, 9.17) is 9.97 Å². The zero-order valence-electron chi connectivity index (χ0n) is 39.5.